The highest BCUT2D eigenvalue weighted by molar-refractivity contribution is 5.90. The molecule has 1 aliphatic carbocycles. The number of aromatic nitrogens is 2. The molecule has 3 unspecified atom stereocenters. The van der Waals surface area contributed by atoms with Crippen LogP contribution < -0.4 is 27.0 Å². The number of benzene rings is 2. The van der Waals surface area contributed by atoms with Crippen LogP contribution in [0.15, 0.2) is 89.8 Å². The SMILES string of the molecule is CCN1CCN(c2cc(C3=CC=CCC3)nc(C(=C(C)N)c3cccc(CCCCCCCCCNC(=O)C(CC(C)C)NC(=O)C(N=O)C(N)Cc4ccccc4)c3)n2)CC1. The zero-order chi connectivity index (χ0) is 44.3. The van der Waals surface area contributed by atoms with Crippen LogP contribution in [0.5, 0.6) is 0 Å². The summed E-state index contributed by atoms with van der Waals surface area (Å²) in [5, 5.41) is 8.80. The fraction of sp³-hybridized carbons (Fsp3) is 0.520. The standard InChI is InChI=1S/C50H71N9O3/c1-5-58-28-30-59(31-29-58)45-35-43(40-24-16-12-17-25-40)54-48(56-45)46(37(4)51)41-26-19-23-38(33-41)20-13-9-7-6-8-10-18-27-53-49(60)44(32-36(2)3)55-50(61)47(57-62)42(52)34-39-21-14-11-15-22-39/h11-12,14-16,19,21-24,26,33,35-36,42,44,47H,5-10,13,17-18,20,25,27-32,34,51-52H2,1-4H3,(H,53,60)(H,55,61). The molecule has 12 nitrogen and oxygen atoms in total. The Morgan fingerprint density at radius 3 is 2.24 bits per heavy atom. The number of allylic oxidation sites excluding steroid dienone is 5. The summed E-state index contributed by atoms with van der Waals surface area (Å²) in [6, 6.07) is 17.5. The molecule has 2 aliphatic rings. The van der Waals surface area contributed by atoms with Crippen LogP contribution in [0, 0.1) is 10.8 Å². The minimum atomic E-state index is -1.29. The molecule has 5 rings (SSSR count). The Kier molecular flexibility index (Phi) is 19.3. The van der Waals surface area contributed by atoms with Crippen LogP contribution >= 0.6 is 0 Å². The molecule has 3 aromatic rings. The predicted octanol–water partition coefficient (Wildman–Crippen LogP) is 7.72. The lowest BCUT2D eigenvalue weighted by Gasteiger charge is -2.35. The summed E-state index contributed by atoms with van der Waals surface area (Å²) in [7, 11) is 0. The van der Waals surface area contributed by atoms with Gasteiger partial charge in [-0.3, -0.25) is 9.59 Å². The van der Waals surface area contributed by atoms with Gasteiger partial charge >= 0.3 is 0 Å². The fourth-order valence-corrected chi connectivity index (χ4v) is 8.35. The lowest BCUT2D eigenvalue weighted by atomic mass is 9.97. The summed E-state index contributed by atoms with van der Waals surface area (Å²) in [6.07, 6.45) is 17.7. The predicted molar refractivity (Wildman–Crippen MR) is 253 cm³/mol. The van der Waals surface area contributed by atoms with Crippen LogP contribution in [0.1, 0.15) is 120 Å². The number of aryl methyl sites for hydroxylation is 1. The normalized spacial score (nSPS) is 16.3. The summed E-state index contributed by atoms with van der Waals surface area (Å²) < 4.78 is 0. The van der Waals surface area contributed by atoms with Crippen LogP contribution in [-0.2, 0) is 22.4 Å². The molecular formula is C50H71N9O3. The highest BCUT2D eigenvalue weighted by Crippen LogP contribution is 2.31. The maximum absolute atomic E-state index is 13.2. The second-order valence-electron chi connectivity index (χ2n) is 17.4. The van der Waals surface area contributed by atoms with E-state index in [2.05, 4.69) is 81.1 Å². The lowest BCUT2D eigenvalue weighted by molar-refractivity contribution is -0.130. The van der Waals surface area contributed by atoms with Gasteiger partial charge in [-0.25, -0.2) is 9.97 Å². The molecule has 334 valence electrons. The molecule has 1 fully saturated rings. The van der Waals surface area contributed by atoms with Crippen molar-refractivity contribution in [2.45, 2.75) is 123 Å². The molecule has 0 bridgehead atoms. The molecule has 0 spiro atoms. The van der Waals surface area contributed by atoms with E-state index < -0.39 is 24.0 Å². The highest BCUT2D eigenvalue weighted by Gasteiger charge is 2.31. The third kappa shape index (κ3) is 14.7. The number of nitrogens with two attached hydrogens (primary N) is 2. The summed E-state index contributed by atoms with van der Waals surface area (Å²) in [5.41, 5.74) is 19.9. The summed E-state index contributed by atoms with van der Waals surface area (Å²) in [4.78, 5) is 53.1. The van der Waals surface area contributed by atoms with E-state index in [-0.39, 0.29) is 11.8 Å². The van der Waals surface area contributed by atoms with Gasteiger partial charge in [0.15, 0.2) is 11.9 Å². The Balaban J connectivity index is 1.06. The Hall–Kier alpha value is -5.20. The van der Waals surface area contributed by atoms with E-state index in [0.29, 0.717) is 30.9 Å². The number of likely N-dealkylation sites (N-methyl/N-ethyl adjacent to an activating group) is 1. The first-order valence-electron chi connectivity index (χ1n) is 23.0. The summed E-state index contributed by atoms with van der Waals surface area (Å²) >= 11 is 0. The molecule has 2 amide bonds. The van der Waals surface area contributed by atoms with Crippen LogP contribution in [0.2, 0.25) is 0 Å². The topological polar surface area (TPSA) is 172 Å². The first kappa shape index (κ1) is 47.8. The number of unbranched alkanes of at least 4 members (excludes halogenated alkanes) is 6. The van der Waals surface area contributed by atoms with E-state index in [4.69, 9.17) is 21.4 Å². The minimum absolute atomic E-state index is 0.158. The van der Waals surface area contributed by atoms with Gasteiger partial charge in [-0.15, -0.1) is 4.91 Å². The number of rotatable bonds is 24. The first-order chi connectivity index (χ1) is 30.1. The number of hydrogen-bond acceptors (Lipinski definition) is 10. The van der Waals surface area contributed by atoms with Crippen molar-refractivity contribution in [2.75, 3.05) is 44.2 Å². The maximum atomic E-state index is 13.2. The Bertz CT molecular complexity index is 1980. The van der Waals surface area contributed by atoms with Crippen molar-refractivity contribution in [3.63, 3.8) is 0 Å². The van der Waals surface area contributed by atoms with Gasteiger partial charge in [-0.1, -0.05) is 131 Å². The number of anilines is 1. The average molecular weight is 846 g/mol. The summed E-state index contributed by atoms with van der Waals surface area (Å²) in [5.74, 6) is 0.950. The molecule has 0 saturated carbocycles. The van der Waals surface area contributed by atoms with E-state index in [9.17, 15) is 14.5 Å². The molecule has 2 aromatic carbocycles. The van der Waals surface area contributed by atoms with Gasteiger partial charge in [-0.05, 0) is 86.6 Å². The van der Waals surface area contributed by atoms with E-state index in [1.165, 1.54) is 11.1 Å². The van der Waals surface area contributed by atoms with Crippen molar-refractivity contribution in [2.24, 2.45) is 22.6 Å². The van der Waals surface area contributed by atoms with Crippen molar-refractivity contribution in [1.29, 1.82) is 0 Å². The number of hydrogen-bond donors (Lipinski definition) is 4. The molecule has 2 heterocycles. The van der Waals surface area contributed by atoms with Gasteiger partial charge in [0.25, 0.3) is 5.91 Å². The van der Waals surface area contributed by atoms with E-state index in [1.807, 2.05) is 51.1 Å². The zero-order valence-electron chi connectivity index (χ0n) is 37.7. The van der Waals surface area contributed by atoms with Crippen LogP contribution in [0.3, 0.4) is 0 Å². The van der Waals surface area contributed by atoms with Crippen LogP contribution in [-0.4, -0.2) is 84.1 Å². The number of nitrogens with one attached hydrogen (secondary N) is 2. The third-order valence-corrected chi connectivity index (χ3v) is 11.9. The van der Waals surface area contributed by atoms with Crippen molar-refractivity contribution in [3.05, 3.63) is 118 Å². The molecule has 62 heavy (non-hydrogen) atoms. The quantitative estimate of drug-likeness (QED) is 0.0521. The molecule has 12 heteroatoms. The van der Waals surface area contributed by atoms with E-state index in [0.717, 1.165) is 125 Å². The number of amides is 2. The minimum Gasteiger partial charge on any atom is -0.402 e. The number of carbonyl (C=O) groups is 2. The van der Waals surface area contributed by atoms with Gasteiger partial charge in [-0.2, -0.15) is 0 Å². The molecule has 0 radical (unpaired) electrons. The molecule has 1 aromatic heterocycles. The largest absolute Gasteiger partial charge is 0.402 e. The van der Waals surface area contributed by atoms with E-state index >= 15 is 0 Å². The smallest absolute Gasteiger partial charge is 0.250 e. The Morgan fingerprint density at radius 2 is 1.58 bits per heavy atom. The second kappa shape index (κ2) is 25.0. The Morgan fingerprint density at radius 1 is 0.871 bits per heavy atom. The molecular weight excluding hydrogens is 775 g/mol. The van der Waals surface area contributed by atoms with Gasteiger partial charge < -0.3 is 31.9 Å². The monoisotopic (exact) mass is 846 g/mol. The van der Waals surface area contributed by atoms with Crippen molar-refractivity contribution < 1.29 is 9.59 Å². The highest BCUT2D eigenvalue weighted by atomic mass is 16.3. The second-order valence-corrected chi connectivity index (χ2v) is 17.4. The molecule has 6 N–H and O–H groups in total. The summed E-state index contributed by atoms with van der Waals surface area (Å²) in [6.45, 7) is 13.7. The van der Waals surface area contributed by atoms with Crippen LogP contribution in [0.4, 0.5) is 5.82 Å². The van der Waals surface area contributed by atoms with Crippen molar-refractivity contribution in [3.8, 4) is 0 Å². The third-order valence-electron chi connectivity index (χ3n) is 11.9. The van der Waals surface area contributed by atoms with E-state index in [1.54, 1.807) is 0 Å². The van der Waals surface area contributed by atoms with Gasteiger partial charge in [0, 0.05) is 56.1 Å². The lowest BCUT2D eigenvalue weighted by Crippen LogP contribution is -2.53. The average Bonchev–Trinajstić information content (AvgIpc) is 3.27. The number of nitroso groups, excluding NO2 is 1. The first-order valence-corrected chi connectivity index (χ1v) is 23.0. The van der Waals surface area contributed by atoms with Gasteiger partial charge in [0.2, 0.25) is 5.91 Å². The number of piperazine rings is 1. The molecule has 1 aliphatic heterocycles. The molecule has 3 atom stereocenters. The Labute approximate surface area is 370 Å². The van der Waals surface area contributed by atoms with Gasteiger partial charge in [0.1, 0.15) is 11.9 Å². The maximum Gasteiger partial charge on any atom is 0.250 e. The van der Waals surface area contributed by atoms with Crippen LogP contribution in [0.25, 0.3) is 11.1 Å². The van der Waals surface area contributed by atoms with Crippen molar-refractivity contribution in [1.82, 2.24) is 25.5 Å². The van der Waals surface area contributed by atoms with Gasteiger partial charge in [0.05, 0.1) is 5.69 Å². The fourth-order valence-electron chi connectivity index (χ4n) is 8.35. The number of nitrogens with zero attached hydrogens (tertiary/aromatic N) is 5. The number of carbonyl (C=O) groups excluding carboxylic acids is 2. The molecule has 1 saturated heterocycles. The zero-order valence-corrected chi connectivity index (χ0v) is 37.7. The van der Waals surface area contributed by atoms with Crippen molar-refractivity contribution >= 4 is 28.8 Å².